The number of carbonyl (C=O) groups excluding carboxylic acids is 1. The summed E-state index contributed by atoms with van der Waals surface area (Å²) in [4.78, 5) is 18.9. The Morgan fingerprint density at radius 3 is 2.74 bits per heavy atom. The van der Waals surface area contributed by atoms with Gasteiger partial charge in [0, 0.05) is 19.7 Å². The van der Waals surface area contributed by atoms with Gasteiger partial charge in [-0.2, -0.15) is 0 Å². The fourth-order valence-corrected chi connectivity index (χ4v) is 2.60. The Kier molecular flexibility index (Phi) is 5.64. The lowest BCUT2D eigenvalue weighted by atomic mass is 10.1. The highest BCUT2D eigenvalue weighted by atomic mass is 16.5. The quantitative estimate of drug-likeness (QED) is 0.782. The Bertz CT molecular complexity index is 676. The summed E-state index contributed by atoms with van der Waals surface area (Å²) in [7, 11) is 1.83. The second-order valence-corrected chi connectivity index (χ2v) is 6.20. The molecule has 5 heteroatoms. The zero-order valence-electron chi connectivity index (χ0n) is 14.8. The van der Waals surface area contributed by atoms with Gasteiger partial charge in [0.25, 0.3) is 0 Å². The molecule has 0 N–H and O–H groups in total. The van der Waals surface area contributed by atoms with Crippen LogP contribution >= 0.6 is 0 Å². The van der Waals surface area contributed by atoms with Gasteiger partial charge >= 0.3 is 0 Å². The van der Waals surface area contributed by atoms with Crippen LogP contribution in [0.25, 0.3) is 5.65 Å². The largest absolute Gasteiger partial charge is 0.490 e. The van der Waals surface area contributed by atoms with Gasteiger partial charge in [-0.1, -0.05) is 27.7 Å². The molecule has 0 aromatic carbocycles. The Hall–Kier alpha value is -2.04. The van der Waals surface area contributed by atoms with E-state index in [-0.39, 0.29) is 5.91 Å². The summed E-state index contributed by atoms with van der Waals surface area (Å²) in [6, 6.07) is 3.86. The van der Waals surface area contributed by atoms with Gasteiger partial charge in [0.1, 0.15) is 5.82 Å². The summed E-state index contributed by atoms with van der Waals surface area (Å²) < 4.78 is 7.76. The monoisotopic (exact) mass is 317 g/mol. The molecule has 0 saturated carbocycles. The molecule has 0 fully saturated rings. The van der Waals surface area contributed by atoms with Crippen LogP contribution in [0.1, 0.15) is 46.2 Å². The second-order valence-electron chi connectivity index (χ2n) is 6.20. The van der Waals surface area contributed by atoms with E-state index < -0.39 is 0 Å². The number of carbonyl (C=O) groups is 1. The number of imidazole rings is 1. The molecule has 0 spiro atoms. The Balaban J connectivity index is 2.48. The molecule has 0 atom stereocenters. The summed E-state index contributed by atoms with van der Waals surface area (Å²) in [6.07, 6.45) is 4.18. The zero-order chi connectivity index (χ0) is 17.0. The zero-order valence-corrected chi connectivity index (χ0v) is 14.8. The first-order valence-corrected chi connectivity index (χ1v) is 8.38. The van der Waals surface area contributed by atoms with Crippen LogP contribution in [-0.4, -0.2) is 28.9 Å². The minimum atomic E-state index is 0.108. The summed E-state index contributed by atoms with van der Waals surface area (Å²) >= 11 is 0. The fourth-order valence-electron chi connectivity index (χ4n) is 2.60. The van der Waals surface area contributed by atoms with Crippen LogP contribution in [0, 0.1) is 5.92 Å². The van der Waals surface area contributed by atoms with Crippen LogP contribution < -0.4 is 9.64 Å². The van der Waals surface area contributed by atoms with Crippen LogP contribution in [0.3, 0.4) is 0 Å². The number of pyridine rings is 1. The third-order valence-corrected chi connectivity index (χ3v) is 3.73. The van der Waals surface area contributed by atoms with Crippen molar-refractivity contribution in [2.24, 2.45) is 5.92 Å². The van der Waals surface area contributed by atoms with Crippen molar-refractivity contribution in [2.75, 3.05) is 18.6 Å². The van der Waals surface area contributed by atoms with Gasteiger partial charge in [0.05, 0.1) is 12.3 Å². The maximum Gasteiger partial charge on any atom is 0.228 e. The molecule has 0 saturated heterocycles. The molecule has 0 aliphatic carbocycles. The highest BCUT2D eigenvalue weighted by Crippen LogP contribution is 2.28. The van der Waals surface area contributed by atoms with Gasteiger partial charge < -0.3 is 4.74 Å². The van der Waals surface area contributed by atoms with Crippen LogP contribution in [0.2, 0.25) is 0 Å². The van der Waals surface area contributed by atoms with Gasteiger partial charge in [0.15, 0.2) is 11.4 Å². The van der Waals surface area contributed by atoms with Crippen LogP contribution in [-0.2, 0) is 11.2 Å². The molecule has 0 aliphatic heterocycles. The summed E-state index contributed by atoms with van der Waals surface area (Å²) in [6.45, 7) is 8.90. The predicted octanol–water partition coefficient (Wildman–Crippen LogP) is 3.69. The minimum Gasteiger partial charge on any atom is -0.490 e. The predicted molar refractivity (Wildman–Crippen MR) is 93.2 cm³/mol. The normalized spacial score (nSPS) is 11.2. The molecular weight excluding hydrogens is 290 g/mol. The van der Waals surface area contributed by atoms with E-state index in [4.69, 9.17) is 9.72 Å². The summed E-state index contributed by atoms with van der Waals surface area (Å²) in [5.41, 5.74) is 1.69. The number of fused-ring (bicyclic) bond motifs is 1. The topological polar surface area (TPSA) is 46.8 Å². The van der Waals surface area contributed by atoms with E-state index in [0.29, 0.717) is 18.9 Å². The second kappa shape index (κ2) is 7.49. The van der Waals surface area contributed by atoms with E-state index in [2.05, 4.69) is 27.7 Å². The molecule has 0 radical (unpaired) electrons. The number of amides is 1. The van der Waals surface area contributed by atoms with Crippen molar-refractivity contribution in [3.05, 3.63) is 24.0 Å². The average molecular weight is 317 g/mol. The van der Waals surface area contributed by atoms with Crippen molar-refractivity contribution in [1.29, 1.82) is 0 Å². The molecule has 2 aromatic rings. The molecule has 2 rings (SSSR count). The van der Waals surface area contributed by atoms with Crippen LogP contribution in [0.5, 0.6) is 5.75 Å². The van der Waals surface area contributed by atoms with Gasteiger partial charge in [0.2, 0.25) is 5.91 Å². The Morgan fingerprint density at radius 1 is 1.39 bits per heavy atom. The number of hydrogen-bond acceptors (Lipinski definition) is 3. The fraction of sp³-hybridized carbons (Fsp3) is 0.556. The maximum absolute atomic E-state index is 12.5. The van der Waals surface area contributed by atoms with Gasteiger partial charge in [-0.15, -0.1) is 0 Å². The molecule has 2 heterocycles. The number of nitrogens with zero attached hydrogens (tertiary/aromatic N) is 3. The van der Waals surface area contributed by atoms with Crippen molar-refractivity contribution in [2.45, 2.75) is 47.0 Å². The van der Waals surface area contributed by atoms with Crippen molar-refractivity contribution in [1.82, 2.24) is 9.38 Å². The lowest BCUT2D eigenvalue weighted by Crippen LogP contribution is -2.29. The highest BCUT2D eigenvalue weighted by molar-refractivity contribution is 5.93. The molecule has 2 aromatic heterocycles. The molecule has 0 aliphatic rings. The maximum atomic E-state index is 12.5. The lowest BCUT2D eigenvalue weighted by Gasteiger charge is -2.19. The third-order valence-electron chi connectivity index (χ3n) is 3.73. The average Bonchev–Trinajstić information content (AvgIpc) is 2.90. The summed E-state index contributed by atoms with van der Waals surface area (Å²) in [5, 5.41) is 0. The smallest absolute Gasteiger partial charge is 0.228 e. The number of anilines is 1. The molecule has 5 nitrogen and oxygen atoms in total. The number of aryl methyl sites for hydroxylation is 1. The number of aromatic nitrogens is 2. The van der Waals surface area contributed by atoms with Crippen molar-refractivity contribution >= 4 is 17.4 Å². The SMILES string of the molecule is CCCOc1cccn2c(N(C)C(=O)CC(C)C)c(CC)nc12. The molecule has 126 valence electrons. The Morgan fingerprint density at radius 2 is 2.13 bits per heavy atom. The highest BCUT2D eigenvalue weighted by Gasteiger charge is 2.21. The molecular formula is C18H27N3O2. The van der Waals surface area contributed by atoms with Gasteiger partial charge in [-0.25, -0.2) is 4.98 Å². The molecule has 1 amide bonds. The lowest BCUT2D eigenvalue weighted by molar-refractivity contribution is -0.119. The van der Waals surface area contributed by atoms with E-state index in [9.17, 15) is 4.79 Å². The minimum absolute atomic E-state index is 0.108. The number of rotatable bonds is 7. The van der Waals surface area contributed by atoms with E-state index in [1.165, 1.54) is 0 Å². The van der Waals surface area contributed by atoms with E-state index in [1.54, 1.807) is 4.90 Å². The first-order chi connectivity index (χ1) is 11.0. The van der Waals surface area contributed by atoms with Crippen molar-refractivity contribution < 1.29 is 9.53 Å². The van der Waals surface area contributed by atoms with E-state index in [0.717, 1.165) is 35.8 Å². The van der Waals surface area contributed by atoms with Crippen molar-refractivity contribution in [3.63, 3.8) is 0 Å². The number of hydrogen-bond donors (Lipinski definition) is 0. The van der Waals surface area contributed by atoms with E-state index in [1.807, 2.05) is 29.8 Å². The summed E-state index contributed by atoms with van der Waals surface area (Å²) in [5.74, 6) is 2.05. The molecule has 0 bridgehead atoms. The van der Waals surface area contributed by atoms with Gasteiger partial charge in [-0.05, 0) is 30.9 Å². The molecule has 0 unspecified atom stereocenters. The first-order valence-electron chi connectivity index (χ1n) is 8.38. The van der Waals surface area contributed by atoms with Crippen LogP contribution in [0.15, 0.2) is 18.3 Å². The number of ether oxygens (including phenoxy) is 1. The first kappa shape index (κ1) is 17.3. The van der Waals surface area contributed by atoms with E-state index >= 15 is 0 Å². The standard InChI is InChI=1S/C18H27N3O2/c1-6-11-23-15-9-8-10-21-17(15)19-14(7-2)18(21)20(5)16(22)12-13(3)4/h8-10,13H,6-7,11-12H2,1-5H3. The third kappa shape index (κ3) is 3.66. The van der Waals surface area contributed by atoms with Crippen LogP contribution in [0.4, 0.5) is 5.82 Å². The van der Waals surface area contributed by atoms with Gasteiger partial charge in [-0.3, -0.25) is 14.1 Å². The molecule has 23 heavy (non-hydrogen) atoms. The van der Waals surface area contributed by atoms with Crippen molar-refractivity contribution in [3.8, 4) is 5.75 Å². The Labute approximate surface area is 138 Å².